The summed E-state index contributed by atoms with van der Waals surface area (Å²) in [6.45, 7) is 0. The molecule has 2 aromatic heterocycles. The van der Waals surface area contributed by atoms with Crippen molar-refractivity contribution in [2.24, 2.45) is 10.9 Å². The van der Waals surface area contributed by atoms with E-state index in [1.54, 1.807) is 18.0 Å². The molecule has 106 valence electrons. The zero-order chi connectivity index (χ0) is 14.7. The molecule has 4 N–H and O–H groups in total. The summed E-state index contributed by atoms with van der Waals surface area (Å²) in [6.07, 6.45) is 1.63. The largest absolute Gasteiger partial charge is 0.409 e. The molecule has 0 radical (unpaired) electrons. The number of rotatable bonds is 4. The van der Waals surface area contributed by atoms with Crippen LogP contribution in [0, 0.1) is 0 Å². The van der Waals surface area contributed by atoms with Gasteiger partial charge in [0.1, 0.15) is 5.69 Å². The van der Waals surface area contributed by atoms with E-state index in [-0.39, 0.29) is 5.84 Å². The summed E-state index contributed by atoms with van der Waals surface area (Å²) in [4.78, 5) is 7.53. The van der Waals surface area contributed by atoms with Crippen LogP contribution in [-0.2, 0) is 5.75 Å². The number of nitrogens with one attached hydrogen (secondary N) is 1. The van der Waals surface area contributed by atoms with Crippen LogP contribution >= 0.6 is 11.8 Å². The third kappa shape index (κ3) is 2.85. The number of hydrogen-bond acceptors (Lipinski definition) is 4. The normalized spacial score (nSPS) is 11.9. The average Bonchev–Trinajstić information content (AvgIpc) is 2.95. The third-order valence-electron chi connectivity index (χ3n) is 3.13. The van der Waals surface area contributed by atoms with Crippen LogP contribution in [0.1, 0.15) is 11.3 Å². The fourth-order valence-corrected chi connectivity index (χ4v) is 3.05. The summed E-state index contributed by atoms with van der Waals surface area (Å²) < 4.78 is 0. The van der Waals surface area contributed by atoms with Gasteiger partial charge in [0.05, 0.1) is 5.03 Å². The zero-order valence-electron chi connectivity index (χ0n) is 11.2. The number of H-pyrrole nitrogens is 1. The van der Waals surface area contributed by atoms with E-state index in [1.165, 1.54) is 5.39 Å². The van der Waals surface area contributed by atoms with E-state index in [4.69, 9.17) is 10.9 Å². The van der Waals surface area contributed by atoms with Crippen molar-refractivity contribution >= 4 is 28.5 Å². The van der Waals surface area contributed by atoms with Gasteiger partial charge in [-0.1, -0.05) is 29.4 Å². The number of amidine groups is 1. The second-order valence-corrected chi connectivity index (χ2v) is 5.52. The number of fused-ring (bicyclic) bond motifs is 1. The number of pyridine rings is 1. The minimum absolute atomic E-state index is 0.0304. The number of nitrogens with zero attached hydrogens (tertiary/aromatic N) is 2. The van der Waals surface area contributed by atoms with E-state index >= 15 is 0 Å². The predicted molar refractivity (Wildman–Crippen MR) is 84.6 cm³/mol. The van der Waals surface area contributed by atoms with Crippen molar-refractivity contribution < 1.29 is 5.21 Å². The molecular weight excluding hydrogens is 284 g/mol. The van der Waals surface area contributed by atoms with Gasteiger partial charge in [-0.15, -0.1) is 11.8 Å². The molecule has 5 nitrogen and oxygen atoms in total. The molecule has 0 aliphatic carbocycles. The van der Waals surface area contributed by atoms with Gasteiger partial charge in [-0.2, -0.15) is 0 Å². The topological polar surface area (TPSA) is 87.3 Å². The van der Waals surface area contributed by atoms with E-state index in [1.807, 2.05) is 30.3 Å². The first-order valence-corrected chi connectivity index (χ1v) is 7.39. The van der Waals surface area contributed by atoms with Gasteiger partial charge in [0.25, 0.3) is 0 Å². The second kappa shape index (κ2) is 5.88. The van der Waals surface area contributed by atoms with Gasteiger partial charge in [-0.3, -0.25) is 4.98 Å². The highest BCUT2D eigenvalue weighted by molar-refractivity contribution is 7.98. The van der Waals surface area contributed by atoms with Gasteiger partial charge < -0.3 is 15.9 Å². The van der Waals surface area contributed by atoms with Gasteiger partial charge in [-0.25, -0.2) is 0 Å². The van der Waals surface area contributed by atoms with Crippen molar-refractivity contribution in [2.45, 2.75) is 10.8 Å². The Bertz CT molecular complexity index is 764. The minimum Gasteiger partial charge on any atom is -0.409 e. The molecule has 0 saturated heterocycles. The van der Waals surface area contributed by atoms with Crippen LogP contribution in [0.3, 0.4) is 0 Å². The predicted octanol–water partition coefficient (Wildman–Crippen LogP) is 2.95. The highest BCUT2D eigenvalue weighted by Gasteiger charge is 2.09. The Labute approximate surface area is 125 Å². The van der Waals surface area contributed by atoms with E-state index in [9.17, 15) is 0 Å². The van der Waals surface area contributed by atoms with Crippen molar-refractivity contribution in [1.82, 2.24) is 9.97 Å². The Morgan fingerprint density at radius 3 is 2.95 bits per heavy atom. The van der Waals surface area contributed by atoms with Crippen LogP contribution in [0.2, 0.25) is 0 Å². The average molecular weight is 298 g/mol. The number of nitrogens with two attached hydrogens (primary N) is 1. The lowest BCUT2D eigenvalue weighted by Crippen LogP contribution is -2.17. The fraction of sp³-hybridized carbons (Fsp3) is 0.0667. The first kappa shape index (κ1) is 13.5. The molecular formula is C15H14N4OS. The zero-order valence-corrected chi connectivity index (χ0v) is 12.0. The number of para-hydroxylation sites is 1. The molecule has 0 unspecified atom stereocenters. The molecule has 3 rings (SSSR count). The molecule has 21 heavy (non-hydrogen) atoms. The number of aromatic amines is 1. The number of hydrogen-bond donors (Lipinski definition) is 3. The van der Waals surface area contributed by atoms with Crippen molar-refractivity contribution in [1.29, 1.82) is 0 Å². The highest BCUT2D eigenvalue weighted by Crippen LogP contribution is 2.26. The van der Waals surface area contributed by atoms with Crippen LogP contribution in [0.25, 0.3) is 10.9 Å². The standard InChI is InChI=1S/C15H14N4OS/c16-15(19-20)14-11(5-3-7-17-14)9-21-13-8-10-4-1-2-6-12(10)18-13/h1-8,18,20H,9H2,(H2,16,19). The first-order chi connectivity index (χ1) is 10.3. The van der Waals surface area contributed by atoms with Crippen molar-refractivity contribution in [3.63, 3.8) is 0 Å². The van der Waals surface area contributed by atoms with Gasteiger partial charge in [0.15, 0.2) is 5.84 Å². The second-order valence-electron chi connectivity index (χ2n) is 4.51. The Morgan fingerprint density at radius 2 is 2.14 bits per heavy atom. The number of oxime groups is 1. The molecule has 0 fully saturated rings. The quantitative estimate of drug-likeness (QED) is 0.227. The molecule has 0 bridgehead atoms. The van der Waals surface area contributed by atoms with Crippen molar-refractivity contribution in [3.8, 4) is 0 Å². The molecule has 0 atom stereocenters. The van der Waals surface area contributed by atoms with Crippen LogP contribution in [0.4, 0.5) is 0 Å². The van der Waals surface area contributed by atoms with Crippen molar-refractivity contribution in [2.75, 3.05) is 0 Å². The molecule has 0 aliphatic heterocycles. The summed E-state index contributed by atoms with van der Waals surface area (Å²) in [5.74, 6) is 0.717. The molecule has 0 saturated carbocycles. The van der Waals surface area contributed by atoms with Gasteiger partial charge in [-0.05, 0) is 23.8 Å². The molecule has 0 aliphatic rings. The molecule has 0 amide bonds. The summed E-state index contributed by atoms with van der Waals surface area (Å²) in [5.41, 5.74) is 8.20. The molecule has 3 aromatic rings. The Balaban J connectivity index is 1.81. The third-order valence-corrected chi connectivity index (χ3v) is 4.12. The van der Waals surface area contributed by atoms with E-state index < -0.39 is 0 Å². The van der Waals surface area contributed by atoms with Gasteiger partial charge in [0.2, 0.25) is 0 Å². The lowest BCUT2D eigenvalue weighted by molar-refractivity contribution is 0.318. The lowest BCUT2D eigenvalue weighted by Gasteiger charge is -2.05. The maximum Gasteiger partial charge on any atom is 0.189 e. The molecule has 6 heteroatoms. The maximum atomic E-state index is 8.80. The van der Waals surface area contributed by atoms with Crippen LogP contribution in [0.5, 0.6) is 0 Å². The lowest BCUT2D eigenvalue weighted by atomic mass is 10.2. The first-order valence-electron chi connectivity index (χ1n) is 6.40. The van der Waals surface area contributed by atoms with Crippen LogP contribution < -0.4 is 5.73 Å². The Morgan fingerprint density at radius 1 is 1.29 bits per heavy atom. The molecule has 1 aromatic carbocycles. The minimum atomic E-state index is 0.0304. The van der Waals surface area contributed by atoms with Crippen LogP contribution in [-0.4, -0.2) is 21.0 Å². The van der Waals surface area contributed by atoms with Crippen LogP contribution in [0.15, 0.2) is 58.8 Å². The Kier molecular flexibility index (Phi) is 3.79. The summed E-state index contributed by atoms with van der Waals surface area (Å²) in [5, 5.41) is 14.1. The smallest absolute Gasteiger partial charge is 0.189 e. The Hall–Kier alpha value is -2.47. The van der Waals surface area contributed by atoms with Gasteiger partial charge in [0, 0.05) is 22.9 Å². The summed E-state index contributed by atoms with van der Waals surface area (Å²) >= 11 is 1.65. The highest BCUT2D eigenvalue weighted by atomic mass is 32.2. The number of thioether (sulfide) groups is 1. The monoisotopic (exact) mass is 298 g/mol. The number of aromatic nitrogens is 2. The number of benzene rings is 1. The summed E-state index contributed by atoms with van der Waals surface area (Å²) in [7, 11) is 0. The fourth-order valence-electron chi connectivity index (χ4n) is 2.11. The van der Waals surface area contributed by atoms with E-state index in [0.29, 0.717) is 11.4 Å². The van der Waals surface area contributed by atoms with Gasteiger partial charge >= 0.3 is 0 Å². The molecule has 0 spiro atoms. The van der Waals surface area contributed by atoms with Crippen molar-refractivity contribution in [3.05, 3.63) is 59.9 Å². The SMILES string of the molecule is N/C(=N/O)c1ncccc1CSc1cc2ccccc2[nH]1. The molecule has 2 heterocycles. The maximum absolute atomic E-state index is 8.80. The summed E-state index contributed by atoms with van der Waals surface area (Å²) in [6, 6.07) is 14.0. The van der Waals surface area contributed by atoms with E-state index in [2.05, 4.69) is 27.3 Å². The van der Waals surface area contributed by atoms with E-state index in [0.717, 1.165) is 16.1 Å².